The largest absolute Gasteiger partial charge is 0.312 e. The van der Waals surface area contributed by atoms with E-state index in [2.05, 4.69) is 71.4 Å². The summed E-state index contributed by atoms with van der Waals surface area (Å²) in [5, 5.41) is 8.09. The van der Waals surface area contributed by atoms with Crippen molar-refractivity contribution in [2.45, 2.75) is 34.2 Å². The predicted molar refractivity (Wildman–Crippen MR) is 87.3 cm³/mol. The summed E-state index contributed by atoms with van der Waals surface area (Å²) in [6, 6.07) is 8.48. The van der Waals surface area contributed by atoms with Crippen molar-refractivity contribution in [3.8, 4) is 5.69 Å². The lowest BCUT2D eigenvalue weighted by atomic mass is 10.1. The summed E-state index contributed by atoms with van der Waals surface area (Å²) in [6.07, 6.45) is 0. The van der Waals surface area contributed by atoms with Crippen LogP contribution < -0.4 is 5.32 Å². The number of benzene rings is 1. The number of aromatic nitrogens is 2. The van der Waals surface area contributed by atoms with Crippen molar-refractivity contribution in [1.29, 1.82) is 0 Å². The van der Waals surface area contributed by atoms with Crippen LogP contribution in [0, 0.1) is 19.8 Å². The van der Waals surface area contributed by atoms with Crippen LogP contribution in [0.5, 0.6) is 0 Å². The second-order valence-corrected chi connectivity index (χ2v) is 6.55. The Labute approximate surface area is 129 Å². The van der Waals surface area contributed by atoms with Crippen LogP contribution in [0.25, 0.3) is 5.69 Å². The molecule has 0 fully saturated rings. The molecule has 0 spiro atoms. The van der Waals surface area contributed by atoms with Crippen LogP contribution in [-0.4, -0.2) is 16.3 Å². The Bertz CT molecular complexity index is 587. The van der Waals surface area contributed by atoms with E-state index in [0.717, 1.165) is 34.6 Å². The zero-order chi connectivity index (χ0) is 14.7. The number of rotatable bonds is 5. The zero-order valence-corrected chi connectivity index (χ0v) is 14.2. The molecule has 0 atom stereocenters. The monoisotopic (exact) mass is 335 g/mol. The molecule has 0 amide bonds. The third-order valence-corrected chi connectivity index (χ3v) is 3.65. The summed E-state index contributed by atoms with van der Waals surface area (Å²) >= 11 is 3.55. The second kappa shape index (κ2) is 6.55. The Hall–Kier alpha value is -1.13. The fourth-order valence-corrected chi connectivity index (χ4v) is 2.60. The van der Waals surface area contributed by atoms with Crippen LogP contribution in [0.1, 0.15) is 30.8 Å². The molecule has 0 radical (unpaired) electrons. The van der Waals surface area contributed by atoms with Crippen LogP contribution in [0.15, 0.2) is 28.7 Å². The molecule has 20 heavy (non-hydrogen) atoms. The smallest absolute Gasteiger partial charge is 0.0704 e. The van der Waals surface area contributed by atoms with Gasteiger partial charge in [-0.2, -0.15) is 5.10 Å². The fourth-order valence-electron chi connectivity index (χ4n) is 2.25. The molecule has 0 unspecified atom stereocenters. The van der Waals surface area contributed by atoms with E-state index in [1.165, 1.54) is 5.56 Å². The molecule has 3 nitrogen and oxygen atoms in total. The van der Waals surface area contributed by atoms with Gasteiger partial charge in [-0.25, -0.2) is 4.68 Å². The van der Waals surface area contributed by atoms with Gasteiger partial charge >= 0.3 is 0 Å². The summed E-state index contributed by atoms with van der Waals surface area (Å²) < 4.78 is 3.10. The predicted octanol–water partition coefficient (Wildman–Crippen LogP) is 4.00. The van der Waals surface area contributed by atoms with E-state index >= 15 is 0 Å². The Morgan fingerprint density at radius 1 is 1.25 bits per heavy atom. The molecule has 0 aliphatic heterocycles. The molecule has 2 aromatic rings. The highest BCUT2D eigenvalue weighted by Crippen LogP contribution is 2.22. The summed E-state index contributed by atoms with van der Waals surface area (Å²) in [5.74, 6) is 0.655. The quantitative estimate of drug-likeness (QED) is 0.894. The van der Waals surface area contributed by atoms with Crippen LogP contribution in [-0.2, 0) is 6.54 Å². The van der Waals surface area contributed by atoms with E-state index in [0.29, 0.717) is 5.92 Å². The average Bonchev–Trinajstić information content (AvgIpc) is 2.70. The molecule has 4 heteroatoms. The van der Waals surface area contributed by atoms with E-state index in [4.69, 9.17) is 0 Å². The number of hydrogen-bond donors (Lipinski definition) is 1. The van der Waals surface area contributed by atoms with E-state index in [1.54, 1.807) is 0 Å². The number of aryl methyl sites for hydroxylation is 2. The molecule has 1 heterocycles. The summed E-state index contributed by atoms with van der Waals surface area (Å²) in [4.78, 5) is 0. The van der Waals surface area contributed by atoms with E-state index in [9.17, 15) is 0 Å². The van der Waals surface area contributed by atoms with Crippen LogP contribution in [0.2, 0.25) is 0 Å². The van der Waals surface area contributed by atoms with Gasteiger partial charge in [0.25, 0.3) is 0 Å². The van der Waals surface area contributed by atoms with Crippen LogP contribution in [0.4, 0.5) is 0 Å². The number of halogens is 1. The lowest BCUT2D eigenvalue weighted by Gasteiger charge is -2.14. The maximum Gasteiger partial charge on any atom is 0.0704 e. The minimum atomic E-state index is 0.655. The van der Waals surface area contributed by atoms with E-state index in [1.807, 2.05) is 11.6 Å². The van der Waals surface area contributed by atoms with Crippen molar-refractivity contribution in [3.63, 3.8) is 0 Å². The standard InChI is InChI=1S/C16H22BrN3/c1-11(2)9-18-10-14-5-6-15(17)8-16(14)20-13(4)7-12(3)19-20/h5-8,11,18H,9-10H2,1-4H3. The Morgan fingerprint density at radius 2 is 2.00 bits per heavy atom. The van der Waals surface area contributed by atoms with Gasteiger partial charge in [0.1, 0.15) is 0 Å². The molecule has 0 bridgehead atoms. The van der Waals surface area contributed by atoms with Crippen LogP contribution >= 0.6 is 15.9 Å². The number of nitrogens with zero attached hydrogens (tertiary/aromatic N) is 2. The first-order chi connectivity index (χ1) is 9.47. The number of hydrogen-bond acceptors (Lipinski definition) is 2. The van der Waals surface area contributed by atoms with Crippen molar-refractivity contribution in [2.75, 3.05) is 6.54 Å². The minimum Gasteiger partial charge on any atom is -0.312 e. The Kier molecular flexibility index (Phi) is 5.00. The number of nitrogens with one attached hydrogen (secondary N) is 1. The van der Waals surface area contributed by atoms with Gasteiger partial charge in [0.15, 0.2) is 0 Å². The zero-order valence-electron chi connectivity index (χ0n) is 12.6. The van der Waals surface area contributed by atoms with Gasteiger partial charge in [-0.15, -0.1) is 0 Å². The topological polar surface area (TPSA) is 29.9 Å². The van der Waals surface area contributed by atoms with Gasteiger partial charge < -0.3 is 5.32 Å². The van der Waals surface area contributed by atoms with Gasteiger partial charge in [0, 0.05) is 16.7 Å². The van der Waals surface area contributed by atoms with Gasteiger partial charge in [-0.1, -0.05) is 35.8 Å². The first kappa shape index (κ1) is 15.3. The first-order valence-corrected chi connectivity index (χ1v) is 7.79. The van der Waals surface area contributed by atoms with Crippen molar-refractivity contribution in [2.24, 2.45) is 5.92 Å². The van der Waals surface area contributed by atoms with Crippen molar-refractivity contribution in [3.05, 3.63) is 45.7 Å². The van der Waals surface area contributed by atoms with Gasteiger partial charge in [-0.05, 0) is 50.1 Å². The average molecular weight is 336 g/mol. The summed E-state index contributed by atoms with van der Waals surface area (Å²) in [6.45, 7) is 10.4. The highest BCUT2D eigenvalue weighted by atomic mass is 79.9. The van der Waals surface area contributed by atoms with Crippen molar-refractivity contribution < 1.29 is 0 Å². The second-order valence-electron chi connectivity index (χ2n) is 5.64. The first-order valence-electron chi connectivity index (χ1n) is 7.00. The Morgan fingerprint density at radius 3 is 2.60 bits per heavy atom. The molecular weight excluding hydrogens is 314 g/mol. The SMILES string of the molecule is Cc1cc(C)n(-c2cc(Br)ccc2CNCC(C)C)n1. The lowest BCUT2D eigenvalue weighted by Crippen LogP contribution is -2.20. The highest BCUT2D eigenvalue weighted by Gasteiger charge is 2.09. The molecule has 1 N–H and O–H groups in total. The summed E-state index contributed by atoms with van der Waals surface area (Å²) in [5.41, 5.74) is 4.61. The molecule has 108 valence electrons. The highest BCUT2D eigenvalue weighted by molar-refractivity contribution is 9.10. The molecule has 2 rings (SSSR count). The molecule has 0 aliphatic rings. The van der Waals surface area contributed by atoms with Crippen molar-refractivity contribution in [1.82, 2.24) is 15.1 Å². The van der Waals surface area contributed by atoms with Crippen molar-refractivity contribution >= 4 is 15.9 Å². The molecule has 1 aromatic heterocycles. The molecule has 1 aromatic carbocycles. The summed E-state index contributed by atoms with van der Waals surface area (Å²) in [7, 11) is 0. The normalized spacial score (nSPS) is 11.3. The van der Waals surface area contributed by atoms with Gasteiger partial charge in [0.2, 0.25) is 0 Å². The fraction of sp³-hybridized carbons (Fsp3) is 0.438. The molecular formula is C16H22BrN3. The van der Waals surface area contributed by atoms with E-state index in [-0.39, 0.29) is 0 Å². The molecule has 0 aliphatic carbocycles. The molecule has 0 saturated heterocycles. The van der Waals surface area contributed by atoms with E-state index < -0.39 is 0 Å². The lowest BCUT2D eigenvalue weighted by molar-refractivity contribution is 0.551. The maximum absolute atomic E-state index is 4.59. The van der Waals surface area contributed by atoms with Gasteiger partial charge in [-0.3, -0.25) is 0 Å². The maximum atomic E-state index is 4.59. The van der Waals surface area contributed by atoms with Crippen LogP contribution in [0.3, 0.4) is 0 Å². The third kappa shape index (κ3) is 3.70. The molecule has 0 saturated carbocycles. The minimum absolute atomic E-state index is 0.655. The third-order valence-electron chi connectivity index (χ3n) is 3.15. The van der Waals surface area contributed by atoms with Gasteiger partial charge in [0.05, 0.1) is 11.4 Å². The Balaban J connectivity index is 2.31.